The van der Waals surface area contributed by atoms with Crippen molar-refractivity contribution in [2.45, 2.75) is 5.16 Å². The van der Waals surface area contributed by atoms with Gasteiger partial charge >= 0.3 is 0 Å². The zero-order valence-corrected chi connectivity index (χ0v) is 8.33. The van der Waals surface area contributed by atoms with Crippen LogP contribution in [0.1, 0.15) is 0 Å². The maximum Gasteiger partial charge on any atom is 0.271 e. The predicted octanol–water partition coefficient (Wildman–Crippen LogP) is 1.46. The van der Waals surface area contributed by atoms with Crippen LogP contribution in [0.5, 0.6) is 0 Å². The fourth-order valence-corrected chi connectivity index (χ4v) is 1.37. The first-order valence-electron chi connectivity index (χ1n) is 4.02. The third kappa shape index (κ3) is 1.82. The van der Waals surface area contributed by atoms with Gasteiger partial charge in [-0.1, -0.05) is 6.07 Å². The van der Waals surface area contributed by atoms with E-state index in [4.69, 9.17) is 0 Å². The fraction of sp³-hybridized carbons (Fsp3) is 0. The van der Waals surface area contributed by atoms with E-state index in [9.17, 15) is 10.1 Å². The Morgan fingerprint density at radius 1 is 1.47 bits per heavy atom. The molecule has 76 valence electrons. The number of nitro benzene ring substituents is 1. The van der Waals surface area contributed by atoms with Crippen LogP contribution in [0.15, 0.2) is 35.7 Å². The highest BCUT2D eigenvalue weighted by Crippen LogP contribution is 2.17. The van der Waals surface area contributed by atoms with Gasteiger partial charge in [-0.05, 0) is 6.07 Å². The van der Waals surface area contributed by atoms with Crippen LogP contribution in [0.25, 0.3) is 5.69 Å². The molecule has 0 aliphatic carbocycles. The number of rotatable bonds is 2. The maximum absolute atomic E-state index is 10.5. The molecule has 1 heterocycles. The molecule has 0 atom stereocenters. The first kappa shape index (κ1) is 9.66. The van der Waals surface area contributed by atoms with Crippen molar-refractivity contribution in [3.8, 4) is 5.69 Å². The summed E-state index contributed by atoms with van der Waals surface area (Å²) in [6.07, 6.45) is 1.33. The molecule has 0 spiro atoms. The lowest BCUT2D eigenvalue weighted by molar-refractivity contribution is -0.384. The van der Waals surface area contributed by atoms with Gasteiger partial charge in [0.05, 0.1) is 10.6 Å². The van der Waals surface area contributed by atoms with Gasteiger partial charge in [0.2, 0.25) is 0 Å². The quantitative estimate of drug-likeness (QED) is 0.474. The molecular weight excluding hydrogens is 216 g/mol. The van der Waals surface area contributed by atoms with E-state index < -0.39 is 4.92 Å². The zero-order chi connectivity index (χ0) is 10.8. The topological polar surface area (TPSA) is 73.8 Å². The van der Waals surface area contributed by atoms with E-state index in [1.165, 1.54) is 23.1 Å². The minimum Gasteiger partial charge on any atom is -0.258 e. The largest absolute Gasteiger partial charge is 0.271 e. The summed E-state index contributed by atoms with van der Waals surface area (Å²) in [4.78, 5) is 13.9. The van der Waals surface area contributed by atoms with E-state index in [1.807, 2.05) is 0 Å². The van der Waals surface area contributed by atoms with Gasteiger partial charge < -0.3 is 0 Å². The molecule has 0 radical (unpaired) electrons. The Bertz CT molecular complexity index is 511. The van der Waals surface area contributed by atoms with Gasteiger partial charge in [-0.25, -0.2) is 9.67 Å². The van der Waals surface area contributed by atoms with Crippen molar-refractivity contribution < 1.29 is 4.92 Å². The zero-order valence-electron chi connectivity index (χ0n) is 7.44. The van der Waals surface area contributed by atoms with Crippen molar-refractivity contribution in [3.05, 3.63) is 40.7 Å². The van der Waals surface area contributed by atoms with Crippen LogP contribution in [-0.4, -0.2) is 19.7 Å². The summed E-state index contributed by atoms with van der Waals surface area (Å²) >= 11 is 4.07. The molecule has 1 aromatic carbocycles. The molecule has 0 saturated heterocycles. The van der Waals surface area contributed by atoms with E-state index >= 15 is 0 Å². The van der Waals surface area contributed by atoms with Gasteiger partial charge in [-0.15, -0.1) is 12.6 Å². The van der Waals surface area contributed by atoms with Crippen LogP contribution in [0.3, 0.4) is 0 Å². The molecule has 0 N–H and O–H groups in total. The monoisotopic (exact) mass is 222 g/mol. The average Bonchev–Trinajstić information content (AvgIpc) is 2.64. The molecule has 0 amide bonds. The summed E-state index contributed by atoms with van der Waals surface area (Å²) in [6.45, 7) is 0. The Kier molecular flexibility index (Phi) is 2.38. The standard InChI is InChI=1S/C8H6N4O2S/c13-12(14)7-3-1-2-6(4-7)11-8(15)9-5-10-11/h1-5H,(H,9,10,15). The van der Waals surface area contributed by atoms with Crippen molar-refractivity contribution in [1.29, 1.82) is 0 Å². The van der Waals surface area contributed by atoms with Crippen LogP contribution in [0, 0.1) is 10.1 Å². The Labute approximate surface area is 90.1 Å². The number of nitro groups is 1. The Hall–Kier alpha value is -1.89. The molecule has 2 rings (SSSR count). The number of hydrogen-bond donors (Lipinski definition) is 1. The van der Waals surface area contributed by atoms with Gasteiger partial charge in [0.15, 0.2) is 5.16 Å². The average molecular weight is 222 g/mol. The molecule has 7 heteroatoms. The number of hydrogen-bond acceptors (Lipinski definition) is 5. The first-order chi connectivity index (χ1) is 7.18. The summed E-state index contributed by atoms with van der Waals surface area (Å²) in [5.41, 5.74) is 0.572. The maximum atomic E-state index is 10.5. The summed E-state index contributed by atoms with van der Waals surface area (Å²) in [5.74, 6) is 0. The molecule has 0 saturated carbocycles. The fourth-order valence-electron chi connectivity index (χ4n) is 1.16. The van der Waals surface area contributed by atoms with Crippen LogP contribution >= 0.6 is 12.6 Å². The lowest BCUT2D eigenvalue weighted by Crippen LogP contribution is -1.98. The van der Waals surface area contributed by atoms with Crippen LogP contribution in [0.2, 0.25) is 0 Å². The predicted molar refractivity (Wildman–Crippen MR) is 55.3 cm³/mol. The highest BCUT2D eigenvalue weighted by molar-refractivity contribution is 7.80. The number of thiol groups is 1. The Balaban J connectivity index is 2.50. The lowest BCUT2D eigenvalue weighted by atomic mass is 10.3. The smallest absolute Gasteiger partial charge is 0.258 e. The minimum absolute atomic E-state index is 0.00994. The highest BCUT2D eigenvalue weighted by Gasteiger charge is 2.08. The van der Waals surface area contributed by atoms with Crippen molar-refractivity contribution >= 4 is 18.3 Å². The second kappa shape index (κ2) is 3.70. The van der Waals surface area contributed by atoms with Gasteiger partial charge in [0.25, 0.3) is 5.69 Å². The van der Waals surface area contributed by atoms with Gasteiger partial charge in [0, 0.05) is 12.1 Å². The lowest BCUT2D eigenvalue weighted by Gasteiger charge is -2.01. The second-order valence-corrected chi connectivity index (χ2v) is 3.15. The molecular formula is C8H6N4O2S. The van der Waals surface area contributed by atoms with Gasteiger partial charge in [-0.2, -0.15) is 5.10 Å². The molecule has 0 bridgehead atoms. The highest BCUT2D eigenvalue weighted by atomic mass is 32.1. The Morgan fingerprint density at radius 3 is 2.87 bits per heavy atom. The van der Waals surface area contributed by atoms with Gasteiger partial charge in [0.1, 0.15) is 6.33 Å². The molecule has 6 nitrogen and oxygen atoms in total. The number of nitrogens with zero attached hydrogens (tertiary/aromatic N) is 4. The third-order valence-corrected chi connectivity index (χ3v) is 2.12. The van der Waals surface area contributed by atoms with Crippen molar-refractivity contribution in [3.63, 3.8) is 0 Å². The number of benzene rings is 1. The number of non-ortho nitro benzene ring substituents is 1. The molecule has 0 aliphatic heterocycles. The van der Waals surface area contributed by atoms with E-state index in [2.05, 4.69) is 22.7 Å². The molecule has 0 fully saturated rings. The normalized spacial score (nSPS) is 10.2. The van der Waals surface area contributed by atoms with E-state index in [0.717, 1.165) is 0 Å². The minimum atomic E-state index is -0.460. The Morgan fingerprint density at radius 2 is 2.27 bits per heavy atom. The molecule has 1 aromatic heterocycles. The molecule has 0 unspecified atom stereocenters. The van der Waals surface area contributed by atoms with E-state index in [-0.39, 0.29) is 5.69 Å². The first-order valence-corrected chi connectivity index (χ1v) is 4.47. The summed E-state index contributed by atoms with van der Waals surface area (Å²) in [7, 11) is 0. The van der Waals surface area contributed by atoms with Crippen molar-refractivity contribution in [2.24, 2.45) is 0 Å². The second-order valence-electron chi connectivity index (χ2n) is 2.75. The van der Waals surface area contributed by atoms with Crippen LogP contribution < -0.4 is 0 Å². The molecule has 2 aromatic rings. The van der Waals surface area contributed by atoms with Crippen molar-refractivity contribution in [2.75, 3.05) is 0 Å². The van der Waals surface area contributed by atoms with E-state index in [1.54, 1.807) is 12.1 Å². The third-order valence-electron chi connectivity index (χ3n) is 1.81. The van der Waals surface area contributed by atoms with Gasteiger partial charge in [-0.3, -0.25) is 10.1 Å². The van der Waals surface area contributed by atoms with Crippen LogP contribution in [0.4, 0.5) is 5.69 Å². The van der Waals surface area contributed by atoms with Crippen molar-refractivity contribution in [1.82, 2.24) is 14.8 Å². The molecule has 15 heavy (non-hydrogen) atoms. The summed E-state index contributed by atoms with van der Waals surface area (Å²) in [6, 6.07) is 6.11. The summed E-state index contributed by atoms with van der Waals surface area (Å²) < 4.78 is 1.41. The van der Waals surface area contributed by atoms with E-state index in [0.29, 0.717) is 10.8 Å². The van der Waals surface area contributed by atoms with Crippen LogP contribution in [-0.2, 0) is 0 Å². The summed E-state index contributed by atoms with van der Waals surface area (Å²) in [5, 5.41) is 14.8. The molecule has 0 aliphatic rings. The number of aromatic nitrogens is 3. The SMILES string of the molecule is O=[N+]([O-])c1cccc(-n2ncnc2S)c1.